The number of hydrogen-bond acceptors (Lipinski definition) is 5. The van der Waals surface area contributed by atoms with Crippen LogP contribution in [0.2, 0.25) is 0 Å². The number of ether oxygens (including phenoxy) is 1. The molecule has 0 bridgehead atoms. The Labute approximate surface area is 150 Å². The number of halogens is 1. The maximum absolute atomic E-state index is 12.9. The molecular formula is C19H19FN2O4. The summed E-state index contributed by atoms with van der Waals surface area (Å²) >= 11 is 0. The third kappa shape index (κ3) is 5.41. The summed E-state index contributed by atoms with van der Waals surface area (Å²) in [5, 5.41) is 6.43. The van der Waals surface area contributed by atoms with Crippen molar-refractivity contribution in [3.8, 4) is 0 Å². The Morgan fingerprint density at radius 1 is 1.08 bits per heavy atom. The highest BCUT2D eigenvalue weighted by molar-refractivity contribution is 6.45. The van der Waals surface area contributed by atoms with Gasteiger partial charge in [0.1, 0.15) is 18.1 Å². The zero-order chi connectivity index (χ0) is 18.9. The van der Waals surface area contributed by atoms with Gasteiger partial charge in [0.2, 0.25) is 5.78 Å². The minimum Gasteiger partial charge on any atom is -0.453 e. The first-order chi connectivity index (χ1) is 12.5. The van der Waals surface area contributed by atoms with Crippen molar-refractivity contribution >= 4 is 17.6 Å². The molecule has 0 fully saturated rings. The molecule has 6 nitrogen and oxygen atoms in total. The molecule has 2 aromatic carbocycles. The van der Waals surface area contributed by atoms with Gasteiger partial charge in [0.15, 0.2) is 0 Å². The van der Waals surface area contributed by atoms with E-state index < -0.39 is 11.9 Å². The number of amides is 1. The SMILES string of the molecule is COC(=O)NCc1ccccc1CON=C(C)C(=O)c1ccc(F)cc1. The molecule has 0 saturated carbocycles. The Bertz CT molecular complexity index is 803. The zero-order valence-corrected chi connectivity index (χ0v) is 14.5. The van der Waals surface area contributed by atoms with Crippen LogP contribution in [0.1, 0.15) is 28.4 Å². The van der Waals surface area contributed by atoms with E-state index in [1.165, 1.54) is 38.3 Å². The number of alkyl carbamates (subject to hydrolysis) is 1. The zero-order valence-electron chi connectivity index (χ0n) is 14.5. The summed E-state index contributed by atoms with van der Waals surface area (Å²) in [7, 11) is 1.29. The molecule has 7 heteroatoms. The highest BCUT2D eigenvalue weighted by Gasteiger charge is 2.11. The third-order valence-electron chi connectivity index (χ3n) is 3.58. The lowest BCUT2D eigenvalue weighted by molar-refractivity contribution is 0.103. The average molecular weight is 358 g/mol. The number of carbonyl (C=O) groups is 2. The Hall–Kier alpha value is -3.22. The predicted molar refractivity (Wildman–Crippen MR) is 94.3 cm³/mol. The van der Waals surface area contributed by atoms with Gasteiger partial charge in [-0.3, -0.25) is 4.79 Å². The normalized spacial score (nSPS) is 11.0. The van der Waals surface area contributed by atoms with Crippen LogP contribution in [0.4, 0.5) is 9.18 Å². The van der Waals surface area contributed by atoms with Gasteiger partial charge in [0.25, 0.3) is 0 Å². The van der Waals surface area contributed by atoms with E-state index in [9.17, 15) is 14.0 Å². The number of nitrogens with zero attached hydrogens (tertiary/aromatic N) is 1. The molecule has 0 atom stereocenters. The van der Waals surface area contributed by atoms with E-state index >= 15 is 0 Å². The van der Waals surface area contributed by atoms with E-state index in [2.05, 4.69) is 15.2 Å². The minimum absolute atomic E-state index is 0.132. The smallest absolute Gasteiger partial charge is 0.407 e. The molecule has 0 unspecified atom stereocenters. The van der Waals surface area contributed by atoms with E-state index in [1.54, 1.807) is 0 Å². The second-order valence-electron chi connectivity index (χ2n) is 5.40. The number of benzene rings is 2. The van der Waals surface area contributed by atoms with Gasteiger partial charge >= 0.3 is 6.09 Å². The molecular weight excluding hydrogens is 339 g/mol. The fourth-order valence-corrected chi connectivity index (χ4v) is 2.16. The average Bonchev–Trinajstić information content (AvgIpc) is 2.66. The van der Waals surface area contributed by atoms with Crippen LogP contribution in [-0.4, -0.2) is 24.7 Å². The van der Waals surface area contributed by atoms with E-state index in [-0.39, 0.29) is 24.6 Å². The van der Waals surface area contributed by atoms with Crippen molar-refractivity contribution in [2.75, 3.05) is 7.11 Å². The number of carbonyl (C=O) groups excluding carboxylic acids is 2. The van der Waals surface area contributed by atoms with Gasteiger partial charge in [-0.2, -0.15) is 0 Å². The second kappa shape index (κ2) is 9.31. The Morgan fingerprint density at radius 3 is 2.38 bits per heavy atom. The molecule has 0 radical (unpaired) electrons. The predicted octanol–water partition coefficient (Wildman–Crippen LogP) is 3.46. The first-order valence-electron chi connectivity index (χ1n) is 7.86. The van der Waals surface area contributed by atoms with Gasteiger partial charge in [0, 0.05) is 12.1 Å². The summed E-state index contributed by atoms with van der Waals surface area (Å²) in [6.45, 7) is 1.94. The van der Waals surface area contributed by atoms with E-state index in [0.29, 0.717) is 5.56 Å². The van der Waals surface area contributed by atoms with E-state index in [4.69, 9.17) is 4.84 Å². The molecule has 0 aliphatic rings. The molecule has 0 saturated heterocycles. The number of rotatable bonds is 7. The van der Waals surface area contributed by atoms with Crippen LogP contribution in [0.3, 0.4) is 0 Å². The molecule has 2 aromatic rings. The highest BCUT2D eigenvalue weighted by Crippen LogP contribution is 2.11. The minimum atomic E-state index is -0.528. The Kier molecular flexibility index (Phi) is 6.84. The Morgan fingerprint density at radius 2 is 1.73 bits per heavy atom. The maximum atomic E-state index is 12.9. The molecule has 0 aromatic heterocycles. The number of nitrogens with one attached hydrogen (secondary N) is 1. The van der Waals surface area contributed by atoms with Crippen LogP contribution >= 0.6 is 0 Å². The third-order valence-corrected chi connectivity index (χ3v) is 3.58. The van der Waals surface area contributed by atoms with Crippen LogP contribution in [0.25, 0.3) is 0 Å². The molecule has 0 aliphatic carbocycles. The first-order valence-corrected chi connectivity index (χ1v) is 7.86. The number of oxime groups is 1. The van der Waals surface area contributed by atoms with E-state index in [0.717, 1.165) is 11.1 Å². The van der Waals surface area contributed by atoms with Crippen molar-refractivity contribution in [3.63, 3.8) is 0 Å². The fourth-order valence-electron chi connectivity index (χ4n) is 2.16. The topological polar surface area (TPSA) is 77.0 Å². The van der Waals surface area contributed by atoms with Crippen molar-refractivity contribution in [1.82, 2.24) is 5.32 Å². The van der Waals surface area contributed by atoms with Crippen LogP contribution in [-0.2, 0) is 22.7 Å². The molecule has 0 aliphatic heterocycles. The molecule has 136 valence electrons. The van der Waals surface area contributed by atoms with Crippen molar-refractivity contribution in [2.24, 2.45) is 5.16 Å². The summed E-state index contributed by atoms with van der Waals surface area (Å²) in [5.41, 5.74) is 2.14. The van der Waals surface area contributed by atoms with Crippen molar-refractivity contribution in [3.05, 3.63) is 71.0 Å². The summed E-state index contributed by atoms with van der Waals surface area (Å²) in [4.78, 5) is 28.6. The number of ketones is 1. The van der Waals surface area contributed by atoms with Crippen molar-refractivity contribution in [1.29, 1.82) is 0 Å². The molecule has 1 N–H and O–H groups in total. The largest absolute Gasteiger partial charge is 0.453 e. The summed E-state index contributed by atoms with van der Waals surface area (Å²) in [6.07, 6.45) is -0.528. The fraction of sp³-hybridized carbons (Fsp3) is 0.211. The van der Waals surface area contributed by atoms with Crippen LogP contribution in [0, 0.1) is 5.82 Å². The first kappa shape index (κ1) is 19.1. The highest BCUT2D eigenvalue weighted by atomic mass is 19.1. The molecule has 26 heavy (non-hydrogen) atoms. The standard InChI is InChI=1S/C19H19FN2O4/c1-13(18(23)14-7-9-17(20)10-8-14)22-26-12-16-6-4-3-5-15(16)11-21-19(24)25-2/h3-10H,11-12H2,1-2H3,(H,21,24). The molecule has 1 amide bonds. The van der Waals surface area contributed by atoms with Crippen molar-refractivity contribution < 1.29 is 23.6 Å². The quantitative estimate of drug-likeness (QED) is 0.467. The summed E-state index contributed by atoms with van der Waals surface area (Å²) in [6, 6.07) is 12.6. The van der Waals surface area contributed by atoms with Crippen LogP contribution in [0.5, 0.6) is 0 Å². The van der Waals surface area contributed by atoms with Crippen molar-refractivity contribution in [2.45, 2.75) is 20.1 Å². The van der Waals surface area contributed by atoms with Gasteiger partial charge < -0.3 is 14.9 Å². The van der Waals surface area contributed by atoms with Gasteiger partial charge in [0.05, 0.1) is 7.11 Å². The van der Waals surface area contributed by atoms with Gasteiger partial charge in [-0.1, -0.05) is 29.4 Å². The lowest BCUT2D eigenvalue weighted by Crippen LogP contribution is -2.23. The summed E-state index contributed by atoms with van der Waals surface area (Å²) < 4.78 is 17.5. The lowest BCUT2D eigenvalue weighted by Gasteiger charge is -2.09. The molecule has 2 rings (SSSR count). The van der Waals surface area contributed by atoms with E-state index in [1.807, 2.05) is 24.3 Å². The molecule has 0 heterocycles. The number of methoxy groups -OCH3 is 1. The van der Waals surface area contributed by atoms with Gasteiger partial charge in [-0.05, 0) is 42.3 Å². The second-order valence-corrected chi connectivity index (χ2v) is 5.40. The van der Waals surface area contributed by atoms with Gasteiger partial charge in [-0.25, -0.2) is 9.18 Å². The monoisotopic (exact) mass is 358 g/mol. The van der Waals surface area contributed by atoms with Gasteiger partial charge in [-0.15, -0.1) is 0 Å². The van der Waals surface area contributed by atoms with Crippen LogP contribution in [0.15, 0.2) is 53.7 Å². The molecule has 0 spiro atoms. The maximum Gasteiger partial charge on any atom is 0.407 e. The van der Waals surface area contributed by atoms with Crippen LogP contribution < -0.4 is 5.32 Å². The summed E-state index contributed by atoms with van der Waals surface area (Å²) in [5.74, 6) is -0.754. The number of hydrogen-bond donors (Lipinski definition) is 1. The Balaban J connectivity index is 1.97. The lowest BCUT2D eigenvalue weighted by atomic mass is 10.1. The number of Topliss-reactive ketones (excluding diaryl/α,β-unsaturated/α-hetero) is 1.